The van der Waals surface area contributed by atoms with E-state index in [-0.39, 0.29) is 0 Å². The molecule has 0 N–H and O–H groups in total. The van der Waals surface area contributed by atoms with Gasteiger partial charge >= 0.3 is 0 Å². The average Bonchev–Trinajstić information content (AvgIpc) is 2.00. The molecule has 0 atom stereocenters. The monoisotopic (exact) mass is 148 g/mol. The highest BCUT2D eigenvalue weighted by atomic mass is 13.9. The van der Waals surface area contributed by atoms with Crippen molar-refractivity contribution >= 4 is 0 Å². The lowest BCUT2D eigenvalue weighted by Gasteiger charge is -1.95. The summed E-state index contributed by atoms with van der Waals surface area (Å²) in [6.45, 7) is 9.82. The molecule has 0 aliphatic heterocycles. The largest absolute Gasteiger partial charge is 0.0991 e. The molecule has 0 amide bonds. The van der Waals surface area contributed by atoms with E-state index >= 15 is 0 Å². The van der Waals surface area contributed by atoms with E-state index in [9.17, 15) is 0 Å². The molecule has 60 valence electrons. The first-order chi connectivity index (χ1) is 5.22. The normalized spacial score (nSPS) is 14.1. The molecule has 0 heteroatoms. The van der Waals surface area contributed by atoms with Gasteiger partial charge in [-0.25, -0.2) is 0 Å². The summed E-state index contributed by atoms with van der Waals surface area (Å²) in [5, 5.41) is 0. The Morgan fingerprint density at radius 1 is 1.09 bits per heavy atom. The minimum absolute atomic E-state index is 1.28. The van der Waals surface area contributed by atoms with E-state index in [4.69, 9.17) is 0 Å². The molecule has 11 heavy (non-hydrogen) atoms. The zero-order chi connectivity index (χ0) is 8.69. The predicted octanol–water partition coefficient (Wildman–Crippen LogP) is 3.64. The third-order valence-electron chi connectivity index (χ3n) is 1.52. The van der Waals surface area contributed by atoms with Crippen LogP contribution in [0.2, 0.25) is 0 Å². The maximum atomic E-state index is 3.61. The third-order valence-corrected chi connectivity index (χ3v) is 1.52. The second kappa shape index (κ2) is 5.72. The summed E-state index contributed by atoms with van der Waals surface area (Å²) in [6, 6.07) is 0. The molecular formula is C11H16. The van der Waals surface area contributed by atoms with Crippen molar-refractivity contribution in [2.75, 3.05) is 0 Å². The van der Waals surface area contributed by atoms with Crippen molar-refractivity contribution in [3.8, 4) is 0 Å². The fraction of sp³-hybridized carbons (Fsp3) is 0.273. The average molecular weight is 148 g/mol. The Kier molecular flexibility index (Phi) is 5.18. The number of hydrogen-bond acceptors (Lipinski definition) is 0. The standard InChI is InChI=1S/C11H16/c1-5-7-9-11(4)10(3)8-6-2/h5-9H,1H2,2-4H3. The van der Waals surface area contributed by atoms with Gasteiger partial charge in [0.15, 0.2) is 0 Å². The van der Waals surface area contributed by atoms with Crippen LogP contribution in [-0.4, -0.2) is 0 Å². The molecule has 0 aliphatic carbocycles. The Morgan fingerprint density at radius 3 is 2.09 bits per heavy atom. The summed E-state index contributed by atoms with van der Waals surface area (Å²) >= 11 is 0. The Labute approximate surface area is 69.6 Å². The smallest absolute Gasteiger partial charge is 0.0395 e. The number of hydrogen-bond donors (Lipinski definition) is 0. The Hall–Kier alpha value is -1.04. The SMILES string of the molecule is C=CC=CC(C)=C(C)C=CC. The molecular weight excluding hydrogens is 132 g/mol. The van der Waals surface area contributed by atoms with Crippen LogP contribution in [-0.2, 0) is 0 Å². The molecule has 0 aliphatic rings. The summed E-state index contributed by atoms with van der Waals surface area (Å²) in [5.74, 6) is 0. The van der Waals surface area contributed by atoms with E-state index in [1.165, 1.54) is 11.1 Å². The molecule has 0 aromatic heterocycles. The Bertz CT molecular complexity index is 202. The first-order valence-corrected chi connectivity index (χ1v) is 3.81. The molecule has 0 fully saturated rings. The van der Waals surface area contributed by atoms with Crippen LogP contribution in [0.25, 0.3) is 0 Å². The minimum atomic E-state index is 1.28. The van der Waals surface area contributed by atoms with Crippen LogP contribution in [0.15, 0.2) is 48.1 Å². The molecule has 0 heterocycles. The predicted molar refractivity (Wildman–Crippen MR) is 52.5 cm³/mol. The molecule has 0 aromatic rings. The summed E-state index contributed by atoms with van der Waals surface area (Å²) in [7, 11) is 0. The minimum Gasteiger partial charge on any atom is -0.0991 e. The molecule has 0 aromatic carbocycles. The van der Waals surface area contributed by atoms with E-state index in [1.807, 2.05) is 19.1 Å². The zero-order valence-corrected chi connectivity index (χ0v) is 7.59. The highest BCUT2D eigenvalue weighted by Gasteiger charge is 1.85. The van der Waals surface area contributed by atoms with Gasteiger partial charge in [-0.1, -0.05) is 37.0 Å². The number of allylic oxidation sites excluding steroid dienone is 7. The van der Waals surface area contributed by atoms with E-state index in [0.29, 0.717) is 0 Å². The van der Waals surface area contributed by atoms with E-state index in [0.717, 1.165) is 0 Å². The van der Waals surface area contributed by atoms with E-state index < -0.39 is 0 Å². The van der Waals surface area contributed by atoms with Gasteiger partial charge in [0.2, 0.25) is 0 Å². The molecule has 0 unspecified atom stereocenters. The zero-order valence-electron chi connectivity index (χ0n) is 7.59. The van der Waals surface area contributed by atoms with E-state index in [1.54, 1.807) is 6.08 Å². The van der Waals surface area contributed by atoms with Crippen LogP contribution in [0.3, 0.4) is 0 Å². The summed E-state index contributed by atoms with van der Waals surface area (Å²) in [6.07, 6.45) is 9.93. The van der Waals surface area contributed by atoms with Crippen LogP contribution in [0, 0.1) is 0 Å². The van der Waals surface area contributed by atoms with Gasteiger partial charge in [-0.3, -0.25) is 0 Å². The fourth-order valence-electron chi connectivity index (χ4n) is 0.725. The summed E-state index contributed by atoms with van der Waals surface area (Å²) in [5.41, 5.74) is 2.58. The lowest BCUT2D eigenvalue weighted by molar-refractivity contribution is 1.37. The lowest BCUT2D eigenvalue weighted by atomic mass is 10.1. The van der Waals surface area contributed by atoms with Crippen LogP contribution in [0.4, 0.5) is 0 Å². The van der Waals surface area contributed by atoms with Gasteiger partial charge in [-0.05, 0) is 31.9 Å². The maximum absolute atomic E-state index is 3.61. The topological polar surface area (TPSA) is 0 Å². The maximum Gasteiger partial charge on any atom is -0.0395 e. The van der Waals surface area contributed by atoms with Gasteiger partial charge < -0.3 is 0 Å². The molecule has 0 nitrogen and oxygen atoms in total. The van der Waals surface area contributed by atoms with Crippen LogP contribution in [0.1, 0.15) is 20.8 Å². The quantitative estimate of drug-likeness (QED) is 0.536. The van der Waals surface area contributed by atoms with Crippen molar-refractivity contribution in [2.45, 2.75) is 20.8 Å². The van der Waals surface area contributed by atoms with Crippen molar-refractivity contribution in [2.24, 2.45) is 0 Å². The molecule has 0 saturated carbocycles. The van der Waals surface area contributed by atoms with E-state index in [2.05, 4.69) is 32.6 Å². The van der Waals surface area contributed by atoms with Gasteiger partial charge in [0.1, 0.15) is 0 Å². The van der Waals surface area contributed by atoms with Crippen molar-refractivity contribution in [1.82, 2.24) is 0 Å². The highest BCUT2D eigenvalue weighted by Crippen LogP contribution is 2.05. The van der Waals surface area contributed by atoms with Gasteiger partial charge in [-0.2, -0.15) is 0 Å². The second-order valence-electron chi connectivity index (χ2n) is 2.46. The lowest BCUT2D eigenvalue weighted by Crippen LogP contribution is -1.74. The highest BCUT2D eigenvalue weighted by molar-refractivity contribution is 5.30. The molecule has 0 saturated heterocycles. The van der Waals surface area contributed by atoms with Gasteiger partial charge in [0.05, 0.1) is 0 Å². The summed E-state index contributed by atoms with van der Waals surface area (Å²) < 4.78 is 0. The Morgan fingerprint density at radius 2 is 1.64 bits per heavy atom. The third kappa shape index (κ3) is 4.38. The summed E-state index contributed by atoms with van der Waals surface area (Å²) in [4.78, 5) is 0. The van der Waals surface area contributed by atoms with Crippen LogP contribution in [0.5, 0.6) is 0 Å². The first-order valence-electron chi connectivity index (χ1n) is 3.81. The van der Waals surface area contributed by atoms with Gasteiger partial charge in [0.25, 0.3) is 0 Å². The van der Waals surface area contributed by atoms with Crippen molar-refractivity contribution in [3.05, 3.63) is 48.1 Å². The fourth-order valence-corrected chi connectivity index (χ4v) is 0.725. The van der Waals surface area contributed by atoms with Crippen molar-refractivity contribution in [1.29, 1.82) is 0 Å². The molecule has 0 rings (SSSR count). The second-order valence-corrected chi connectivity index (χ2v) is 2.46. The molecule has 0 spiro atoms. The van der Waals surface area contributed by atoms with Gasteiger partial charge in [-0.15, -0.1) is 0 Å². The van der Waals surface area contributed by atoms with Crippen LogP contribution >= 0.6 is 0 Å². The molecule has 0 radical (unpaired) electrons. The van der Waals surface area contributed by atoms with Crippen molar-refractivity contribution in [3.63, 3.8) is 0 Å². The van der Waals surface area contributed by atoms with Crippen LogP contribution < -0.4 is 0 Å². The van der Waals surface area contributed by atoms with Crippen molar-refractivity contribution < 1.29 is 0 Å². The Balaban J connectivity index is 4.38. The molecule has 0 bridgehead atoms. The van der Waals surface area contributed by atoms with Gasteiger partial charge in [0, 0.05) is 0 Å². The first kappa shape index (κ1) is 9.96. The number of rotatable bonds is 3.